The molecule has 2 rings (SSSR count). The van der Waals surface area contributed by atoms with E-state index < -0.39 is 30.4 Å². The summed E-state index contributed by atoms with van der Waals surface area (Å²) in [6, 6.07) is 0. The predicted octanol–water partition coefficient (Wildman–Crippen LogP) is 1.36. The summed E-state index contributed by atoms with van der Waals surface area (Å²) in [5.41, 5.74) is 0.892. The van der Waals surface area contributed by atoms with Gasteiger partial charge in [0.25, 0.3) is 0 Å². The molecule has 138 valence electrons. The van der Waals surface area contributed by atoms with Gasteiger partial charge < -0.3 is 25.2 Å². The molecular formula is C19H26O6. The standard InChI is InChI=1S/C19H26O6/c1-11-9-13-6-4-8-15(21)18(23)14(20)7-3-5-12(2)25-19(24)17(13)16(22)10-11/h9,11-12,14-15,18,20-23H,4-6,8,10H2,1-2H3. The van der Waals surface area contributed by atoms with E-state index in [1.54, 1.807) is 6.92 Å². The number of hydrogen-bond donors (Lipinski definition) is 4. The van der Waals surface area contributed by atoms with Crippen molar-refractivity contribution in [2.45, 2.75) is 70.4 Å². The quantitative estimate of drug-likeness (QED) is 0.388. The van der Waals surface area contributed by atoms with E-state index in [-0.39, 0.29) is 30.1 Å². The van der Waals surface area contributed by atoms with Crippen LogP contribution in [0, 0.1) is 17.8 Å². The van der Waals surface area contributed by atoms with E-state index in [2.05, 4.69) is 11.8 Å². The maximum Gasteiger partial charge on any atom is 0.342 e. The molecule has 25 heavy (non-hydrogen) atoms. The highest BCUT2D eigenvalue weighted by Gasteiger charge is 2.28. The summed E-state index contributed by atoms with van der Waals surface area (Å²) in [7, 11) is 0. The summed E-state index contributed by atoms with van der Waals surface area (Å²) >= 11 is 0. The number of esters is 1. The first-order valence-corrected chi connectivity index (χ1v) is 8.66. The molecule has 6 heteroatoms. The van der Waals surface area contributed by atoms with Crippen LogP contribution in [0.15, 0.2) is 23.0 Å². The average molecular weight is 350 g/mol. The molecule has 2 aliphatic rings. The van der Waals surface area contributed by atoms with Gasteiger partial charge in [-0.15, -0.1) is 0 Å². The molecule has 0 radical (unpaired) electrons. The number of rotatable bonds is 0. The van der Waals surface area contributed by atoms with E-state index in [1.807, 2.05) is 13.0 Å². The molecule has 0 saturated carbocycles. The third kappa shape index (κ3) is 5.08. The molecule has 0 aromatic carbocycles. The molecule has 1 aliphatic carbocycles. The van der Waals surface area contributed by atoms with Crippen molar-refractivity contribution >= 4 is 5.97 Å². The molecule has 0 amide bonds. The maximum atomic E-state index is 12.5. The van der Waals surface area contributed by atoms with E-state index in [0.29, 0.717) is 24.8 Å². The van der Waals surface area contributed by atoms with Crippen molar-refractivity contribution in [3.8, 4) is 11.8 Å². The Bertz CT molecular complexity index is 624. The first kappa shape index (κ1) is 19.5. The summed E-state index contributed by atoms with van der Waals surface area (Å²) < 4.78 is 5.36. The van der Waals surface area contributed by atoms with E-state index in [4.69, 9.17) is 4.74 Å². The van der Waals surface area contributed by atoms with Gasteiger partial charge in [-0.3, -0.25) is 0 Å². The van der Waals surface area contributed by atoms with Crippen LogP contribution in [0.3, 0.4) is 0 Å². The molecule has 0 aromatic heterocycles. The largest absolute Gasteiger partial charge is 0.511 e. The Balaban J connectivity index is 2.28. The topological polar surface area (TPSA) is 107 Å². The van der Waals surface area contributed by atoms with Gasteiger partial charge in [0.2, 0.25) is 0 Å². The van der Waals surface area contributed by atoms with Gasteiger partial charge in [0, 0.05) is 12.8 Å². The van der Waals surface area contributed by atoms with Crippen LogP contribution in [0.2, 0.25) is 0 Å². The number of fused-ring (bicyclic) bond motifs is 1. The van der Waals surface area contributed by atoms with Crippen molar-refractivity contribution in [3.63, 3.8) is 0 Å². The highest BCUT2D eigenvalue weighted by atomic mass is 16.5. The number of hydrogen-bond acceptors (Lipinski definition) is 6. The van der Waals surface area contributed by atoms with Gasteiger partial charge in [0.15, 0.2) is 0 Å². The molecule has 0 fully saturated rings. The number of carbonyl (C=O) groups is 1. The number of ether oxygens (including phenoxy) is 1. The Morgan fingerprint density at radius 2 is 1.96 bits per heavy atom. The van der Waals surface area contributed by atoms with E-state index in [9.17, 15) is 25.2 Å². The minimum atomic E-state index is -1.35. The molecule has 4 N–H and O–H groups in total. The van der Waals surface area contributed by atoms with E-state index in [1.165, 1.54) is 0 Å². The van der Waals surface area contributed by atoms with E-state index in [0.717, 1.165) is 0 Å². The summed E-state index contributed by atoms with van der Waals surface area (Å²) in [6.07, 6.45) is -0.669. The zero-order valence-corrected chi connectivity index (χ0v) is 14.6. The lowest BCUT2D eigenvalue weighted by molar-refractivity contribution is -0.143. The number of allylic oxidation sites excluding steroid dienone is 2. The Kier molecular flexibility index (Phi) is 6.65. The highest BCUT2D eigenvalue weighted by molar-refractivity contribution is 5.94. The van der Waals surface area contributed by atoms with Gasteiger partial charge in [0.05, 0.1) is 11.7 Å². The zero-order valence-electron chi connectivity index (χ0n) is 14.6. The molecule has 0 aromatic rings. The summed E-state index contributed by atoms with van der Waals surface area (Å²) in [4.78, 5) is 12.5. The van der Waals surface area contributed by atoms with Gasteiger partial charge in [-0.2, -0.15) is 0 Å². The van der Waals surface area contributed by atoms with Gasteiger partial charge >= 0.3 is 5.97 Å². The minimum Gasteiger partial charge on any atom is -0.511 e. The zero-order chi connectivity index (χ0) is 18.6. The number of aliphatic hydroxyl groups excluding tert-OH is 4. The SMILES string of the molecule is CC1C=C2CCCC(O)C(O)C(O)C#CCC(C)OC(=O)C2=C(O)C1. The van der Waals surface area contributed by atoms with E-state index >= 15 is 0 Å². The summed E-state index contributed by atoms with van der Waals surface area (Å²) in [5, 5.41) is 40.0. The molecule has 0 saturated heterocycles. The van der Waals surface area contributed by atoms with Gasteiger partial charge in [-0.05, 0) is 37.7 Å². The molecule has 1 aliphatic heterocycles. The van der Waals surface area contributed by atoms with Crippen molar-refractivity contribution in [1.29, 1.82) is 0 Å². The second kappa shape index (κ2) is 8.52. The van der Waals surface area contributed by atoms with Crippen molar-refractivity contribution in [3.05, 3.63) is 23.0 Å². The fourth-order valence-corrected chi connectivity index (χ4v) is 3.09. The van der Waals surface area contributed by atoms with Gasteiger partial charge in [-0.1, -0.05) is 24.8 Å². The molecule has 5 atom stereocenters. The lowest BCUT2D eigenvalue weighted by atomic mass is 9.86. The molecule has 6 nitrogen and oxygen atoms in total. The number of aliphatic hydroxyl groups is 4. The maximum absolute atomic E-state index is 12.5. The third-order valence-corrected chi connectivity index (χ3v) is 4.43. The Morgan fingerprint density at radius 3 is 2.68 bits per heavy atom. The fraction of sp³-hybridized carbons (Fsp3) is 0.632. The molecule has 0 bridgehead atoms. The predicted molar refractivity (Wildman–Crippen MR) is 91.3 cm³/mol. The summed E-state index contributed by atoms with van der Waals surface area (Å²) in [5.74, 6) is 4.67. The van der Waals surface area contributed by atoms with Crippen LogP contribution in [0.1, 0.15) is 46.0 Å². The Morgan fingerprint density at radius 1 is 1.24 bits per heavy atom. The van der Waals surface area contributed by atoms with Crippen molar-refractivity contribution < 1.29 is 30.0 Å². The second-order valence-electron chi connectivity index (χ2n) is 6.83. The van der Waals surface area contributed by atoms with Crippen molar-refractivity contribution in [2.75, 3.05) is 0 Å². The average Bonchev–Trinajstić information content (AvgIpc) is 2.52. The van der Waals surface area contributed by atoms with Gasteiger partial charge in [-0.25, -0.2) is 4.79 Å². The molecule has 1 heterocycles. The lowest BCUT2D eigenvalue weighted by Crippen LogP contribution is -2.36. The smallest absolute Gasteiger partial charge is 0.342 e. The van der Waals surface area contributed by atoms with Crippen LogP contribution >= 0.6 is 0 Å². The van der Waals surface area contributed by atoms with Crippen LogP contribution in [-0.4, -0.2) is 50.8 Å². The van der Waals surface area contributed by atoms with Crippen molar-refractivity contribution in [2.24, 2.45) is 5.92 Å². The van der Waals surface area contributed by atoms with Crippen LogP contribution in [0.25, 0.3) is 0 Å². The second-order valence-corrected chi connectivity index (χ2v) is 6.83. The normalized spacial score (nSPS) is 34.8. The number of carbonyl (C=O) groups excluding carboxylic acids is 1. The van der Waals surface area contributed by atoms with Gasteiger partial charge in [0.1, 0.15) is 24.1 Å². The van der Waals surface area contributed by atoms with Crippen LogP contribution in [-0.2, 0) is 9.53 Å². The number of cyclic esters (lactones) is 1. The van der Waals surface area contributed by atoms with Crippen LogP contribution in [0.4, 0.5) is 0 Å². The summed E-state index contributed by atoms with van der Waals surface area (Å²) in [6.45, 7) is 3.62. The third-order valence-electron chi connectivity index (χ3n) is 4.43. The highest BCUT2D eigenvalue weighted by Crippen LogP contribution is 2.32. The molecule has 0 spiro atoms. The van der Waals surface area contributed by atoms with Crippen molar-refractivity contribution in [1.82, 2.24) is 0 Å². The molecule has 5 unspecified atom stereocenters. The first-order chi connectivity index (χ1) is 11.8. The fourth-order valence-electron chi connectivity index (χ4n) is 3.09. The monoisotopic (exact) mass is 350 g/mol. The lowest BCUT2D eigenvalue weighted by Gasteiger charge is -2.24. The minimum absolute atomic E-state index is 0.0244. The Labute approximate surface area is 147 Å². The Hall–Kier alpha value is -1.81. The first-order valence-electron chi connectivity index (χ1n) is 8.66. The molecular weight excluding hydrogens is 324 g/mol. The van der Waals surface area contributed by atoms with Crippen LogP contribution < -0.4 is 0 Å². The van der Waals surface area contributed by atoms with Crippen LogP contribution in [0.5, 0.6) is 0 Å².